The summed E-state index contributed by atoms with van der Waals surface area (Å²) in [5.41, 5.74) is 5.76. The Morgan fingerprint density at radius 3 is 2.74 bits per heavy atom. The van der Waals surface area contributed by atoms with Gasteiger partial charge in [0, 0.05) is 6.20 Å². The topological polar surface area (TPSA) is 104 Å². The fourth-order valence-corrected chi connectivity index (χ4v) is 1.95. The minimum Gasteiger partial charge on any atom is -0.468 e. The van der Waals surface area contributed by atoms with Crippen LogP contribution in [-0.2, 0) is 14.3 Å². The van der Waals surface area contributed by atoms with E-state index in [-0.39, 0.29) is 24.0 Å². The van der Waals surface area contributed by atoms with E-state index in [1.807, 2.05) is 0 Å². The molecule has 0 bridgehead atoms. The summed E-state index contributed by atoms with van der Waals surface area (Å²) in [5.74, 6) is -0.938. The summed E-state index contributed by atoms with van der Waals surface area (Å²) in [6.45, 7) is 3.60. The third-order valence-corrected chi connectivity index (χ3v) is 3.06. The predicted molar refractivity (Wildman–Crippen MR) is 69.7 cm³/mol. The first-order chi connectivity index (χ1) is 8.99. The van der Waals surface area contributed by atoms with E-state index < -0.39 is 11.2 Å². The third-order valence-electron chi connectivity index (χ3n) is 2.11. The number of esters is 2. The number of carbonyl (C=O) groups excluding carboxylic acids is 2. The van der Waals surface area contributed by atoms with Gasteiger partial charge >= 0.3 is 11.9 Å². The summed E-state index contributed by atoms with van der Waals surface area (Å²) in [5, 5.41) is -0.165. The van der Waals surface area contributed by atoms with Crippen LogP contribution in [0.2, 0.25) is 0 Å². The highest BCUT2D eigenvalue weighted by Crippen LogP contribution is 2.22. The SMILES string of the molecule is CCOC(=O)c1cnc(S[C@@H](C)C(=O)OC)nc1N. The Labute approximate surface area is 114 Å². The average molecular weight is 285 g/mol. The number of methoxy groups -OCH3 is 1. The van der Waals surface area contributed by atoms with Crippen LogP contribution in [0.25, 0.3) is 0 Å². The molecule has 0 fully saturated rings. The summed E-state index contributed by atoms with van der Waals surface area (Å²) in [6.07, 6.45) is 1.28. The smallest absolute Gasteiger partial charge is 0.343 e. The number of hydrogen-bond donors (Lipinski definition) is 1. The summed E-state index contributed by atoms with van der Waals surface area (Å²) in [7, 11) is 1.30. The molecule has 0 spiro atoms. The van der Waals surface area contributed by atoms with Crippen molar-refractivity contribution in [3.63, 3.8) is 0 Å². The normalized spacial score (nSPS) is 11.7. The molecule has 0 saturated carbocycles. The van der Waals surface area contributed by atoms with Gasteiger partial charge in [0.25, 0.3) is 0 Å². The van der Waals surface area contributed by atoms with Crippen LogP contribution in [0.4, 0.5) is 5.82 Å². The van der Waals surface area contributed by atoms with Crippen LogP contribution in [0.5, 0.6) is 0 Å². The van der Waals surface area contributed by atoms with Crippen molar-refractivity contribution in [1.29, 1.82) is 0 Å². The molecule has 0 saturated heterocycles. The van der Waals surface area contributed by atoms with Gasteiger partial charge in [-0.2, -0.15) is 0 Å². The van der Waals surface area contributed by atoms with E-state index in [1.165, 1.54) is 13.3 Å². The Hall–Kier alpha value is -1.83. The second-order valence-corrected chi connectivity index (χ2v) is 4.76. The van der Waals surface area contributed by atoms with Crippen molar-refractivity contribution in [3.8, 4) is 0 Å². The fourth-order valence-electron chi connectivity index (χ4n) is 1.17. The number of carbonyl (C=O) groups is 2. The highest BCUT2D eigenvalue weighted by molar-refractivity contribution is 8.00. The van der Waals surface area contributed by atoms with E-state index in [1.54, 1.807) is 13.8 Å². The standard InChI is InChI=1S/C11H15N3O4S/c1-4-18-10(16)7-5-13-11(14-8(7)12)19-6(2)9(15)17-3/h5-6H,4H2,1-3H3,(H2,12,13,14)/t6-/m0/s1. The molecule has 0 unspecified atom stereocenters. The lowest BCUT2D eigenvalue weighted by molar-refractivity contribution is -0.139. The number of ether oxygens (including phenoxy) is 2. The van der Waals surface area contributed by atoms with Gasteiger partial charge < -0.3 is 15.2 Å². The van der Waals surface area contributed by atoms with Crippen LogP contribution in [0.3, 0.4) is 0 Å². The first-order valence-electron chi connectivity index (χ1n) is 5.53. The number of hydrogen-bond acceptors (Lipinski definition) is 8. The molecule has 1 aromatic heterocycles. The van der Waals surface area contributed by atoms with Crippen LogP contribution < -0.4 is 5.73 Å². The van der Waals surface area contributed by atoms with Gasteiger partial charge in [0.1, 0.15) is 16.6 Å². The van der Waals surface area contributed by atoms with E-state index in [2.05, 4.69) is 14.7 Å². The largest absolute Gasteiger partial charge is 0.468 e. The van der Waals surface area contributed by atoms with E-state index in [0.29, 0.717) is 5.16 Å². The molecule has 1 aromatic rings. The van der Waals surface area contributed by atoms with Gasteiger partial charge in [0.15, 0.2) is 5.16 Å². The molecule has 2 N–H and O–H groups in total. The Bertz CT molecular complexity index is 481. The van der Waals surface area contributed by atoms with Gasteiger partial charge in [0.05, 0.1) is 13.7 Å². The van der Waals surface area contributed by atoms with Crippen molar-refractivity contribution in [2.75, 3.05) is 19.5 Å². The zero-order chi connectivity index (χ0) is 14.4. The second kappa shape index (κ2) is 6.93. The maximum absolute atomic E-state index is 11.5. The maximum atomic E-state index is 11.5. The molecule has 0 aromatic carbocycles. The highest BCUT2D eigenvalue weighted by atomic mass is 32.2. The summed E-state index contributed by atoms with van der Waals surface area (Å²) in [6, 6.07) is 0. The zero-order valence-electron chi connectivity index (χ0n) is 10.9. The van der Waals surface area contributed by atoms with Gasteiger partial charge in [-0.25, -0.2) is 14.8 Å². The number of anilines is 1. The molecule has 1 rings (SSSR count). The van der Waals surface area contributed by atoms with Gasteiger partial charge in [-0.1, -0.05) is 11.8 Å². The third kappa shape index (κ3) is 4.09. The fraction of sp³-hybridized carbons (Fsp3) is 0.455. The summed E-state index contributed by atoms with van der Waals surface area (Å²) >= 11 is 1.10. The molecule has 0 amide bonds. The summed E-state index contributed by atoms with van der Waals surface area (Å²) in [4.78, 5) is 30.7. The zero-order valence-corrected chi connectivity index (χ0v) is 11.7. The second-order valence-electron chi connectivity index (χ2n) is 3.46. The molecular weight excluding hydrogens is 270 g/mol. The first kappa shape index (κ1) is 15.2. The molecule has 7 nitrogen and oxygen atoms in total. The molecule has 1 atom stereocenters. The number of rotatable bonds is 5. The van der Waals surface area contributed by atoms with Crippen molar-refractivity contribution < 1.29 is 19.1 Å². The lowest BCUT2D eigenvalue weighted by Gasteiger charge is -2.09. The van der Waals surface area contributed by atoms with E-state index in [4.69, 9.17) is 10.5 Å². The molecule has 0 aliphatic carbocycles. The molecule has 104 valence electrons. The van der Waals surface area contributed by atoms with Crippen molar-refractivity contribution in [2.45, 2.75) is 24.3 Å². The van der Waals surface area contributed by atoms with E-state index >= 15 is 0 Å². The predicted octanol–water partition coefficient (Wildman–Crippen LogP) is 0.889. The Kier molecular flexibility index (Phi) is 5.56. The lowest BCUT2D eigenvalue weighted by Crippen LogP contribution is -2.16. The number of aromatic nitrogens is 2. The minimum absolute atomic E-state index is 0.0213. The van der Waals surface area contributed by atoms with Gasteiger partial charge in [0.2, 0.25) is 0 Å². The molecule has 0 aliphatic rings. The number of nitrogens with two attached hydrogens (primary N) is 1. The number of thioether (sulfide) groups is 1. The van der Waals surface area contributed by atoms with E-state index in [0.717, 1.165) is 11.8 Å². The highest BCUT2D eigenvalue weighted by Gasteiger charge is 2.18. The van der Waals surface area contributed by atoms with Gasteiger partial charge in [-0.15, -0.1) is 0 Å². The van der Waals surface area contributed by atoms with Crippen molar-refractivity contribution in [3.05, 3.63) is 11.8 Å². The monoisotopic (exact) mass is 285 g/mol. The molecule has 8 heteroatoms. The first-order valence-corrected chi connectivity index (χ1v) is 6.41. The lowest BCUT2D eigenvalue weighted by atomic mass is 10.3. The van der Waals surface area contributed by atoms with Crippen molar-refractivity contribution in [1.82, 2.24) is 9.97 Å². The van der Waals surface area contributed by atoms with Gasteiger partial charge in [-0.3, -0.25) is 4.79 Å². The van der Waals surface area contributed by atoms with Crippen molar-refractivity contribution in [2.24, 2.45) is 0 Å². The van der Waals surface area contributed by atoms with Gasteiger partial charge in [-0.05, 0) is 13.8 Å². The maximum Gasteiger partial charge on any atom is 0.343 e. The molecule has 1 heterocycles. The molecule has 0 radical (unpaired) electrons. The van der Waals surface area contributed by atoms with Crippen molar-refractivity contribution >= 4 is 29.5 Å². The molecule has 0 aliphatic heterocycles. The van der Waals surface area contributed by atoms with Crippen LogP contribution in [0.1, 0.15) is 24.2 Å². The average Bonchev–Trinajstić information content (AvgIpc) is 2.38. The Balaban J connectivity index is 2.82. The molecular formula is C11H15N3O4S. The van der Waals surface area contributed by atoms with Crippen LogP contribution in [0.15, 0.2) is 11.4 Å². The molecule has 19 heavy (non-hydrogen) atoms. The Morgan fingerprint density at radius 2 is 2.21 bits per heavy atom. The number of nitrogens with zero attached hydrogens (tertiary/aromatic N) is 2. The van der Waals surface area contributed by atoms with Crippen LogP contribution in [-0.4, -0.2) is 40.9 Å². The van der Waals surface area contributed by atoms with E-state index in [9.17, 15) is 9.59 Å². The number of nitrogen functional groups attached to an aromatic ring is 1. The Morgan fingerprint density at radius 1 is 1.53 bits per heavy atom. The summed E-state index contributed by atoms with van der Waals surface area (Å²) < 4.78 is 9.39. The van der Waals surface area contributed by atoms with Crippen LogP contribution >= 0.6 is 11.8 Å². The minimum atomic E-state index is -0.572. The van der Waals surface area contributed by atoms with Crippen LogP contribution in [0, 0.1) is 0 Å². The quantitative estimate of drug-likeness (QED) is 0.483.